The third-order valence-corrected chi connectivity index (χ3v) is 2.85. The second-order valence-corrected chi connectivity index (χ2v) is 4.63. The molecule has 2 rings (SSSR count). The predicted molar refractivity (Wildman–Crippen MR) is 76.2 cm³/mol. The van der Waals surface area contributed by atoms with Crippen molar-refractivity contribution in [3.05, 3.63) is 62.6 Å². The van der Waals surface area contributed by atoms with Crippen LogP contribution in [-0.4, -0.2) is 16.2 Å². The quantitative estimate of drug-likeness (QED) is 0.530. The number of benzene rings is 2. The van der Waals surface area contributed by atoms with Crippen molar-refractivity contribution in [3.63, 3.8) is 0 Å². The maximum absolute atomic E-state index is 10.8. The van der Waals surface area contributed by atoms with Crippen LogP contribution in [0.2, 0.25) is 0 Å². The van der Waals surface area contributed by atoms with Gasteiger partial charge in [-0.15, -0.1) is 0 Å². The number of aliphatic imine (C=N–C) groups is 1. The number of phenolic OH excluding ortho intramolecular Hbond substituents is 1. The van der Waals surface area contributed by atoms with E-state index >= 15 is 0 Å². The van der Waals surface area contributed by atoms with Crippen molar-refractivity contribution in [1.29, 1.82) is 0 Å². The molecule has 2 aromatic carbocycles. The van der Waals surface area contributed by atoms with E-state index in [9.17, 15) is 15.2 Å². The number of nitrogens with zero attached hydrogens (tertiary/aromatic N) is 2. The van der Waals surface area contributed by atoms with Gasteiger partial charge in [-0.25, -0.2) is 0 Å². The molecular formula is C13H9BrN2O3. The van der Waals surface area contributed by atoms with E-state index in [1.54, 1.807) is 18.2 Å². The lowest BCUT2D eigenvalue weighted by atomic mass is 10.2. The maximum atomic E-state index is 10.8. The fourth-order valence-electron chi connectivity index (χ4n) is 1.50. The van der Waals surface area contributed by atoms with Gasteiger partial charge in [0.25, 0.3) is 0 Å². The van der Waals surface area contributed by atoms with E-state index in [1.807, 2.05) is 18.2 Å². The maximum Gasteiger partial charge on any atom is 0.312 e. The number of hydrogen-bond acceptors (Lipinski definition) is 4. The van der Waals surface area contributed by atoms with Gasteiger partial charge in [0, 0.05) is 22.3 Å². The summed E-state index contributed by atoms with van der Waals surface area (Å²) in [6, 6.07) is 11.9. The zero-order valence-corrected chi connectivity index (χ0v) is 11.2. The van der Waals surface area contributed by atoms with E-state index in [4.69, 9.17) is 0 Å². The Bertz CT molecular complexity index is 642. The molecule has 0 unspecified atom stereocenters. The molecule has 0 spiro atoms. The van der Waals surface area contributed by atoms with E-state index in [0.29, 0.717) is 10.2 Å². The number of nitro benzene ring substituents is 1. The minimum atomic E-state index is -0.639. The van der Waals surface area contributed by atoms with E-state index < -0.39 is 10.7 Å². The Kier molecular flexibility index (Phi) is 3.91. The summed E-state index contributed by atoms with van der Waals surface area (Å²) in [7, 11) is 0. The van der Waals surface area contributed by atoms with Gasteiger partial charge in [0.1, 0.15) is 0 Å². The average Bonchev–Trinajstić information content (AvgIpc) is 2.40. The number of rotatable bonds is 3. The molecule has 0 bridgehead atoms. The van der Waals surface area contributed by atoms with Crippen molar-refractivity contribution in [2.75, 3.05) is 0 Å². The summed E-state index contributed by atoms with van der Waals surface area (Å²) < 4.78 is 0.506. The van der Waals surface area contributed by atoms with Gasteiger partial charge < -0.3 is 5.11 Å². The highest BCUT2D eigenvalue weighted by molar-refractivity contribution is 9.10. The Balaban J connectivity index is 2.41. The molecule has 1 N–H and O–H groups in total. The van der Waals surface area contributed by atoms with Gasteiger partial charge in [-0.05, 0) is 18.2 Å². The van der Waals surface area contributed by atoms with Crippen LogP contribution in [0.25, 0.3) is 0 Å². The first kappa shape index (κ1) is 13.2. The molecule has 0 fully saturated rings. The largest absolute Gasteiger partial charge is 0.502 e. The standard InChI is InChI=1S/C13H9BrN2O3/c14-10-6-9(13(17)12(7-10)16(18)19)8-15-11-4-2-1-3-5-11/h1-8,17H. The molecule has 0 aliphatic heterocycles. The highest BCUT2D eigenvalue weighted by Crippen LogP contribution is 2.32. The van der Waals surface area contributed by atoms with Crippen LogP contribution < -0.4 is 0 Å². The normalized spacial score (nSPS) is 10.8. The minimum Gasteiger partial charge on any atom is -0.502 e. The first-order valence-electron chi connectivity index (χ1n) is 5.34. The average molecular weight is 321 g/mol. The molecular weight excluding hydrogens is 312 g/mol. The van der Waals surface area contributed by atoms with Gasteiger partial charge in [0.2, 0.25) is 5.75 Å². The topological polar surface area (TPSA) is 75.7 Å². The van der Waals surface area contributed by atoms with Gasteiger partial charge in [-0.2, -0.15) is 0 Å². The molecule has 2 aromatic rings. The van der Waals surface area contributed by atoms with E-state index in [2.05, 4.69) is 20.9 Å². The number of hydrogen-bond donors (Lipinski definition) is 1. The smallest absolute Gasteiger partial charge is 0.312 e. The van der Waals surface area contributed by atoms with E-state index in [-0.39, 0.29) is 11.3 Å². The highest BCUT2D eigenvalue weighted by atomic mass is 79.9. The van der Waals surface area contributed by atoms with Crippen LogP contribution in [-0.2, 0) is 0 Å². The van der Waals surface area contributed by atoms with Crippen LogP contribution in [0.1, 0.15) is 5.56 Å². The molecule has 96 valence electrons. The highest BCUT2D eigenvalue weighted by Gasteiger charge is 2.17. The zero-order chi connectivity index (χ0) is 13.8. The second-order valence-electron chi connectivity index (χ2n) is 3.71. The van der Waals surface area contributed by atoms with Crippen molar-refractivity contribution in [1.82, 2.24) is 0 Å². The van der Waals surface area contributed by atoms with Crippen LogP contribution in [0.15, 0.2) is 51.9 Å². The Morgan fingerprint density at radius 1 is 1.26 bits per heavy atom. The Morgan fingerprint density at radius 2 is 1.95 bits per heavy atom. The fraction of sp³-hybridized carbons (Fsp3) is 0. The van der Waals surface area contributed by atoms with Gasteiger partial charge >= 0.3 is 5.69 Å². The van der Waals surface area contributed by atoms with Crippen LogP contribution in [0.4, 0.5) is 11.4 Å². The summed E-state index contributed by atoms with van der Waals surface area (Å²) in [6.45, 7) is 0. The first-order chi connectivity index (χ1) is 9.08. The molecule has 0 aliphatic carbocycles. The van der Waals surface area contributed by atoms with Gasteiger partial charge in [-0.1, -0.05) is 34.1 Å². The zero-order valence-electron chi connectivity index (χ0n) is 9.65. The Labute approximate surface area is 117 Å². The molecule has 0 aromatic heterocycles. The summed E-state index contributed by atoms with van der Waals surface area (Å²) >= 11 is 3.16. The Hall–Kier alpha value is -2.21. The lowest BCUT2D eigenvalue weighted by molar-refractivity contribution is -0.385. The molecule has 0 heterocycles. The van der Waals surface area contributed by atoms with Crippen LogP contribution in [0.5, 0.6) is 5.75 Å². The molecule has 0 radical (unpaired) electrons. The fourth-order valence-corrected chi connectivity index (χ4v) is 1.96. The lowest BCUT2D eigenvalue weighted by Gasteiger charge is -2.01. The van der Waals surface area contributed by atoms with Crippen LogP contribution in [0.3, 0.4) is 0 Å². The summed E-state index contributed by atoms with van der Waals surface area (Å²) in [6.07, 6.45) is 1.39. The number of aromatic hydroxyl groups is 1. The molecule has 6 heteroatoms. The first-order valence-corrected chi connectivity index (χ1v) is 6.13. The minimum absolute atomic E-state index is 0.282. The van der Waals surface area contributed by atoms with Crippen LogP contribution >= 0.6 is 15.9 Å². The molecule has 0 aliphatic rings. The van der Waals surface area contributed by atoms with E-state index in [0.717, 1.165) is 0 Å². The van der Waals surface area contributed by atoms with Crippen molar-refractivity contribution in [2.45, 2.75) is 0 Å². The van der Waals surface area contributed by atoms with Crippen molar-refractivity contribution in [2.24, 2.45) is 4.99 Å². The summed E-state index contributed by atoms with van der Waals surface area (Å²) in [5.41, 5.74) is 0.623. The summed E-state index contributed by atoms with van der Waals surface area (Å²) in [5.74, 6) is -0.395. The summed E-state index contributed by atoms with van der Waals surface area (Å²) in [5, 5.41) is 20.6. The molecule has 0 atom stereocenters. The number of nitro groups is 1. The monoisotopic (exact) mass is 320 g/mol. The number of phenols is 1. The molecule has 19 heavy (non-hydrogen) atoms. The SMILES string of the molecule is O=[N+]([O-])c1cc(Br)cc(C=Nc2ccccc2)c1O. The second kappa shape index (κ2) is 5.62. The van der Waals surface area contributed by atoms with E-state index in [1.165, 1.54) is 12.3 Å². The number of para-hydroxylation sites is 1. The molecule has 0 saturated carbocycles. The van der Waals surface area contributed by atoms with Gasteiger partial charge in [0.15, 0.2) is 0 Å². The predicted octanol–water partition coefficient (Wildman–Crippen LogP) is 3.81. The van der Waals surface area contributed by atoms with Crippen molar-refractivity contribution in [3.8, 4) is 5.75 Å². The summed E-state index contributed by atoms with van der Waals surface area (Å²) in [4.78, 5) is 14.3. The third-order valence-electron chi connectivity index (χ3n) is 2.39. The molecule has 5 nitrogen and oxygen atoms in total. The van der Waals surface area contributed by atoms with Gasteiger partial charge in [-0.3, -0.25) is 15.1 Å². The van der Waals surface area contributed by atoms with Crippen molar-refractivity contribution < 1.29 is 10.0 Å². The number of halogens is 1. The third kappa shape index (κ3) is 3.17. The molecule has 0 saturated heterocycles. The van der Waals surface area contributed by atoms with Crippen molar-refractivity contribution >= 4 is 33.5 Å². The Morgan fingerprint density at radius 3 is 2.58 bits per heavy atom. The van der Waals surface area contributed by atoms with Gasteiger partial charge in [0.05, 0.1) is 10.6 Å². The molecule has 0 amide bonds. The lowest BCUT2D eigenvalue weighted by Crippen LogP contribution is -1.92. The van der Waals surface area contributed by atoms with Crippen LogP contribution in [0, 0.1) is 10.1 Å².